The first kappa shape index (κ1) is 12.0. The number of nitrogens with zero attached hydrogens (tertiary/aromatic N) is 1. The lowest BCUT2D eigenvalue weighted by atomic mass is 10.1. The molecule has 0 radical (unpaired) electrons. The molecule has 1 N–H and O–H groups in total. The summed E-state index contributed by atoms with van der Waals surface area (Å²) in [6.07, 6.45) is 0. The number of carbonyl (C=O) groups is 1. The lowest BCUT2D eigenvalue weighted by Gasteiger charge is -2.01. The molecule has 19 heavy (non-hydrogen) atoms. The molecule has 0 atom stereocenters. The Balaban J connectivity index is 2.15. The number of hydrogen-bond donors (Lipinski definition) is 1. The Kier molecular flexibility index (Phi) is 2.87. The second-order valence-corrected chi connectivity index (χ2v) is 4.87. The van der Waals surface area contributed by atoms with Gasteiger partial charge in [0.25, 0.3) is 0 Å². The van der Waals surface area contributed by atoms with E-state index in [-0.39, 0.29) is 5.78 Å². The summed E-state index contributed by atoms with van der Waals surface area (Å²) in [6, 6.07) is 11.7. The van der Waals surface area contributed by atoms with Crippen LogP contribution in [0.3, 0.4) is 0 Å². The summed E-state index contributed by atoms with van der Waals surface area (Å²) < 4.78 is 0. The Morgan fingerprint density at radius 2 is 1.89 bits per heavy atom. The average molecular weight is 268 g/mol. The normalized spacial score (nSPS) is 15.2. The summed E-state index contributed by atoms with van der Waals surface area (Å²) in [5.74, 6) is -0.00861. The molecule has 3 nitrogen and oxygen atoms in total. The van der Waals surface area contributed by atoms with E-state index in [0.29, 0.717) is 17.2 Å². The molecular weight excluding hydrogens is 256 g/mol. The number of ketones is 1. The monoisotopic (exact) mass is 268 g/mol. The van der Waals surface area contributed by atoms with E-state index in [0.717, 1.165) is 21.9 Å². The highest BCUT2D eigenvalue weighted by Crippen LogP contribution is 2.30. The molecule has 0 unspecified atom stereocenters. The van der Waals surface area contributed by atoms with Crippen molar-refractivity contribution in [2.75, 3.05) is 13.6 Å². The third-order valence-electron chi connectivity index (χ3n) is 3.28. The van der Waals surface area contributed by atoms with Crippen molar-refractivity contribution < 1.29 is 4.79 Å². The van der Waals surface area contributed by atoms with Gasteiger partial charge in [-0.1, -0.05) is 48.6 Å². The van der Waals surface area contributed by atoms with Crippen LogP contribution >= 0.6 is 12.2 Å². The number of aliphatic imine (C=N–C) groups is 1. The number of nitrogens with one attached hydrogen (secondary N) is 1. The molecule has 0 bridgehead atoms. The van der Waals surface area contributed by atoms with Crippen molar-refractivity contribution in [2.45, 2.75) is 0 Å². The second kappa shape index (κ2) is 4.55. The van der Waals surface area contributed by atoms with Crippen LogP contribution in [0, 0.1) is 0 Å². The minimum atomic E-state index is -0.00861. The number of Topliss-reactive ketones (excluding diaryl/α,β-unsaturated/α-hetero) is 1. The molecule has 4 heteroatoms. The van der Waals surface area contributed by atoms with E-state index in [4.69, 9.17) is 12.2 Å². The van der Waals surface area contributed by atoms with E-state index >= 15 is 0 Å². The zero-order chi connectivity index (χ0) is 13.4. The quantitative estimate of drug-likeness (QED) is 0.850. The minimum absolute atomic E-state index is 0.00861. The van der Waals surface area contributed by atoms with Crippen molar-refractivity contribution in [3.63, 3.8) is 0 Å². The highest BCUT2D eigenvalue weighted by molar-refractivity contribution is 7.80. The van der Waals surface area contributed by atoms with Crippen molar-refractivity contribution in [3.8, 4) is 0 Å². The molecule has 94 valence electrons. The zero-order valence-electron chi connectivity index (χ0n) is 10.4. The smallest absolute Gasteiger partial charge is 0.212 e. The molecule has 0 aliphatic heterocycles. The molecule has 0 saturated heterocycles. The Morgan fingerprint density at radius 1 is 1.21 bits per heavy atom. The van der Waals surface area contributed by atoms with E-state index in [2.05, 4.69) is 10.3 Å². The van der Waals surface area contributed by atoms with Gasteiger partial charge in [0, 0.05) is 23.6 Å². The lowest BCUT2D eigenvalue weighted by molar-refractivity contribution is 0.107. The van der Waals surface area contributed by atoms with Gasteiger partial charge in [0.1, 0.15) is 5.71 Å². The molecule has 0 saturated carbocycles. The SMILES string of the molecule is CNC(=S)CN=C1C(=O)c2cccc3cccc1c23. The summed E-state index contributed by atoms with van der Waals surface area (Å²) in [6.45, 7) is 0.345. The van der Waals surface area contributed by atoms with Gasteiger partial charge in [0.15, 0.2) is 0 Å². The van der Waals surface area contributed by atoms with Crippen molar-refractivity contribution in [2.24, 2.45) is 4.99 Å². The van der Waals surface area contributed by atoms with Crippen LogP contribution in [-0.4, -0.2) is 30.1 Å². The van der Waals surface area contributed by atoms with Crippen molar-refractivity contribution in [1.29, 1.82) is 0 Å². The van der Waals surface area contributed by atoms with Gasteiger partial charge in [-0.3, -0.25) is 9.79 Å². The van der Waals surface area contributed by atoms with Crippen molar-refractivity contribution >= 4 is 39.5 Å². The Hall–Kier alpha value is -2.07. The van der Waals surface area contributed by atoms with Crippen LogP contribution in [0.15, 0.2) is 41.4 Å². The number of carbonyl (C=O) groups excluding carboxylic acids is 1. The predicted octanol–water partition coefficient (Wildman–Crippen LogP) is 2.37. The maximum absolute atomic E-state index is 12.4. The summed E-state index contributed by atoms with van der Waals surface area (Å²) >= 11 is 5.07. The first-order valence-electron chi connectivity index (χ1n) is 6.04. The van der Waals surface area contributed by atoms with Crippen LogP contribution in [-0.2, 0) is 0 Å². The third-order valence-corrected chi connectivity index (χ3v) is 3.61. The van der Waals surface area contributed by atoms with Gasteiger partial charge in [-0.15, -0.1) is 0 Å². The van der Waals surface area contributed by atoms with E-state index < -0.39 is 0 Å². The van der Waals surface area contributed by atoms with Crippen molar-refractivity contribution in [3.05, 3.63) is 47.5 Å². The fraction of sp³-hybridized carbons (Fsp3) is 0.133. The summed E-state index contributed by atoms with van der Waals surface area (Å²) in [5, 5.41) is 4.94. The van der Waals surface area contributed by atoms with Gasteiger partial charge in [-0.05, 0) is 5.39 Å². The largest absolute Gasteiger partial charge is 0.381 e. The lowest BCUT2D eigenvalue weighted by Crippen LogP contribution is -2.20. The van der Waals surface area contributed by atoms with Crippen LogP contribution in [0.4, 0.5) is 0 Å². The highest BCUT2D eigenvalue weighted by atomic mass is 32.1. The van der Waals surface area contributed by atoms with Crippen LogP contribution in [0.1, 0.15) is 15.9 Å². The molecule has 0 heterocycles. The third kappa shape index (κ3) is 1.85. The molecule has 1 aliphatic carbocycles. The molecule has 2 aromatic carbocycles. The fourth-order valence-electron chi connectivity index (χ4n) is 2.36. The summed E-state index contributed by atoms with van der Waals surface area (Å²) in [5.41, 5.74) is 2.17. The zero-order valence-corrected chi connectivity index (χ0v) is 11.3. The van der Waals surface area contributed by atoms with Gasteiger partial charge in [-0.25, -0.2) is 0 Å². The molecule has 2 aromatic rings. The van der Waals surface area contributed by atoms with Crippen molar-refractivity contribution in [1.82, 2.24) is 5.32 Å². The molecule has 3 rings (SSSR count). The highest BCUT2D eigenvalue weighted by Gasteiger charge is 2.28. The van der Waals surface area contributed by atoms with E-state index in [1.807, 2.05) is 36.4 Å². The molecular formula is C15H12N2OS. The number of benzene rings is 2. The Morgan fingerprint density at radius 3 is 2.58 bits per heavy atom. The van der Waals surface area contributed by atoms with Crippen LogP contribution in [0.25, 0.3) is 10.8 Å². The Bertz CT molecular complexity index is 729. The standard InChI is InChI=1S/C15H12N2OS/c1-16-12(19)8-17-14-10-6-2-4-9-5-3-7-11(13(9)10)15(14)18/h2-7H,8H2,1H3,(H,16,19). The second-order valence-electron chi connectivity index (χ2n) is 4.38. The maximum Gasteiger partial charge on any atom is 0.212 e. The number of thiocarbonyl (C=S) groups is 1. The predicted molar refractivity (Wildman–Crippen MR) is 81.3 cm³/mol. The molecule has 0 amide bonds. The maximum atomic E-state index is 12.4. The molecule has 0 fully saturated rings. The molecule has 0 spiro atoms. The Labute approximate surface area is 116 Å². The van der Waals surface area contributed by atoms with Gasteiger partial charge in [-0.2, -0.15) is 0 Å². The first-order chi connectivity index (χ1) is 9.22. The van der Waals surface area contributed by atoms with Crippen LogP contribution in [0.5, 0.6) is 0 Å². The summed E-state index contributed by atoms with van der Waals surface area (Å²) in [7, 11) is 1.76. The van der Waals surface area contributed by atoms with Crippen LogP contribution in [0.2, 0.25) is 0 Å². The molecule has 1 aliphatic rings. The van der Waals surface area contributed by atoms with E-state index in [9.17, 15) is 4.79 Å². The first-order valence-corrected chi connectivity index (χ1v) is 6.45. The van der Waals surface area contributed by atoms with Gasteiger partial charge in [0.2, 0.25) is 5.78 Å². The van der Waals surface area contributed by atoms with Crippen LogP contribution < -0.4 is 5.32 Å². The summed E-state index contributed by atoms with van der Waals surface area (Å²) in [4.78, 5) is 17.4. The van der Waals surface area contributed by atoms with Gasteiger partial charge < -0.3 is 5.32 Å². The molecule has 0 aromatic heterocycles. The number of likely N-dealkylation sites (N-methyl/N-ethyl adjacent to an activating group) is 1. The number of hydrogen-bond acceptors (Lipinski definition) is 3. The average Bonchev–Trinajstić information content (AvgIpc) is 2.72. The van der Waals surface area contributed by atoms with Gasteiger partial charge in [0.05, 0.1) is 11.5 Å². The van der Waals surface area contributed by atoms with E-state index in [1.165, 1.54) is 0 Å². The van der Waals surface area contributed by atoms with Gasteiger partial charge >= 0.3 is 0 Å². The topological polar surface area (TPSA) is 41.5 Å². The number of rotatable bonds is 2. The minimum Gasteiger partial charge on any atom is -0.381 e. The van der Waals surface area contributed by atoms with E-state index in [1.54, 1.807) is 7.05 Å². The fourth-order valence-corrected chi connectivity index (χ4v) is 2.43.